The van der Waals surface area contributed by atoms with Crippen LogP contribution >= 0.6 is 0 Å². The van der Waals surface area contributed by atoms with Gasteiger partial charge in [0.2, 0.25) is 10.0 Å². The van der Waals surface area contributed by atoms with Crippen LogP contribution in [0.1, 0.15) is 12.5 Å². The van der Waals surface area contributed by atoms with Gasteiger partial charge in [-0.05, 0) is 24.6 Å². The molecule has 0 aromatic heterocycles. The number of ether oxygens (including phenoxy) is 1. The maximum atomic E-state index is 11.8. The molecule has 1 aromatic carbocycles. The van der Waals surface area contributed by atoms with Gasteiger partial charge in [-0.1, -0.05) is 12.1 Å². The van der Waals surface area contributed by atoms with E-state index < -0.39 is 22.5 Å². The number of carbonyl (C=O) groups is 1. The molecule has 0 unspecified atom stereocenters. The predicted octanol–water partition coefficient (Wildman–Crippen LogP) is 0.594. The zero-order chi connectivity index (χ0) is 14.3. The summed E-state index contributed by atoms with van der Waals surface area (Å²) in [6.07, 6.45) is 0.219. The Balaban J connectivity index is 2.72. The van der Waals surface area contributed by atoms with Crippen molar-refractivity contribution in [1.29, 1.82) is 5.26 Å². The Morgan fingerprint density at radius 1 is 1.37 bits per heavy atom. The molecule has 19 heavy (non-hydrogen) atoms. The molecule has 0 fully saturated rings. The number of hydrogen-bond acceptors (Lipinski definition) is 5. The molecule has 1 rings (SSSR count). The monoisotopic (exact) mass is 282 g/mol. The molecule has 0 aliphatic rings. The van der Waals surface area contributed by atoms with Crippen LogP contribution in [0.25, 0.3) is 0 Å². The van der Waals surface area contributed by atoms with Crippen LogP contribution in [0.4, 0.5) is 0 Å². The summed E-state index contributed by atoms with van der Waals surface area (Å²) in [5.41, 5.74) is 0.729. The lowest BCUT2D eigenvalue weighted by atomic mass is 10.2. The van der Waals surface area contributed by atoms with E-state index in [4.69, 9.17) is 5.26 Å². The van der Waals surface area contributed by atoms with E-state index in [1.54, 1.807) is 19.1 Å². The van der Waals surface area contributed by atoms with Crippen LogP contribution in [0, 0.1) is 11.3 Å². The van der Waals surface area contributed by atoms with Crippen molar-refractivity contribution in [2.24, 2.45) is 0 Å². The molecule has 0 radical (unpaired) electrons. The van der Waals surface area contributed by atoms with Crippen LogP contribution in [0.2, 0.25) is 0 Å². The van der Waals surface area contributed by atoms with Crippen LogP contribution in [-0.4, -0.2) is 27.5 Å². The lowest BCUT2D eigenvalue weighted by Crippen LogP contribution is -2.30. The number of sulfonamides is 1. The summed E-state index contributed by atoms with van der Waals surface area (Å²) < 4.78 is 30.4. The number of nitrogens with one attached hydrogen (secondary N) is 1. The molecule has 0 saturated heterocycles. The van der Waals surface area contributed by atoms with Crippen molar-refractivity contribution in [2.75, 3.05) is 13.2 Å². The summed E-state index contributed by atoms with van der Waals surface area (Å²) in [6.45, 7) is 1.43. The molecule has 7 heteroatoms. The van der Waals surface area contributed by atoms with Crippen molar-refractivity contribution in [2.45, 2.75) is 18.2 Å². The zero-order valence-corrected chi connectivity index (χ0v) is 11.2. The Labute approximate surface area is 112 Å². The Kier molecular flexibility index (Phi) is 5.48. The third-order valence-corrected chi connectivity index (χ3v) is 3.65. The minimum atomic E-state index is -3.74. The molecule has 1 N–H and O–H groups in total. The molecule has 0 heterocycles. The van der Waals surface area contributed by atoms with Crippen molar-refractivity contribution in [1.82, 2.24) is 4.72 Å². The van der Waals surface area contributed by atoms with Crippen LogP contribution in [0.3, 0.4) is 0 Å². The second-order valence-electron chi connectivity index (χ2n) is 3.61. The highest BCUT2D eigenvalue weighted by Crippen LogP contribution is 2.10. The first kappa shape index (κ1) is 15.1. The molecular formula is C12H14N2O4S. The maximum Gasteiger partial charge on any atom is 0.321 e. The van der Waals surface area contributed by atoms with Gasteiger partial charge in [0, 0.05) is 0 Å². The molecule has 0 saturated carbocycles. The van der Waals surface area contributed by atoms with Gasteiger partial charge in [-0.25, -0.2) is 8.42 Å². The van der Waals surface area contributed by atoms with E-state index in [9.17, 15) is 13.2 Å². The van der Waals surface area contributed by atoms with Crippen molar-refractivity contribution in [3.63, 3.8) is 0 Å². The Hall–Kier alpha value is -1.91. The molecule has 6 nitrogen and oxygen atoms in total. The fraction of sp³-hybridized carbons (Fsp3) is 0.333. The first-order valence-corrected chi connectivity index (χ1v) is 7.09. The highest BCUT2D eigenvalue weighted by molar-refractivity contribution is 7.89. The van der Waals surface area contributed by atoms with Gasteiger partial charge in [0.25, 0.3) is 0 Å². The van der Waals surface area contributed by atoms with E-state index in [0.29, 0.717) is 0 Å². The first-order valence-electron chi connectivity index (χ1n) is 5.60. The van der Waals surface area contributed by atoms with Gasteiger partial charge in [-0.2, -0.15) is 9.98 Å². The normalized spacial score (nSPS) is 10.7. The van der Waals surface area contributed by atoms with Crippen molar-refractivity contribution in [3.05, 3.63) is 29.8 Å². The zero-order valence-electron chi connectivity index (χ0n) is 10.4. The molecular weight excluding hydrogens is 268 g/mol. The second-order valence-corrected chi connectivity index (χ2v) is 5.38. The van der Waals surface area contributed by atoms with Crippen LogP contribution < -0.4 is 4.72 Å². The van der Waals surface area contributed by atoms with E-state index in [0.717, 1.165) is 5.56 Å². The number of nitrogens with zero attached hydrogens (tertiary/aromatic N) is 1. The van der Waals surface area contributed by atoms with E-state index in [1.165, 1.54) is 12.1 Å². The van der Waals surface area contributed by atoms with Gasteiger partial charge in [0.15, 0.2) is 0 Å². The van der Waals surface area contributed by atoms with E-state index >= 15 is 0 Å². The molecule has 0 aliphatic carbocycles. The molecule has 0 spiro atoms. The fourth-order valence-electron chi connectivity index (χ4n) is 1.33. The number of carbonyl (C=O) groups excluding carboxylic acids is 1. The van der Waals surface area contributed by atoms with Gasteiger partial charge in [-0.15, -0.1) is 0 Å². The number of esters is 1. The summed E-state index contributed by atoms with van der Waals surface area (Å²) in [5.74, 6) is -0.632. The smallest absolute Gasteiger partial charge is 0.321 e. The van der Waals surface area contributed by atoms with Crippen molar-refractivity contribution in [3.8, 4) is 6.07 Å². The lowest BCUT2D eigenvalue weighted by Gasteiger charge is -2.06. The molecule has 0 bridgehead atoms. The third kappa shape index (κ3) is 4.69. The molecule has 0 aliphatic heterocycles. The summed E-state index contributed by atoms with van der Waals surface area (Å²) in [7, 11) is -3.74. The number of benzene rings is 1. The summed E-state index contributed by atoms with van der Waals surface area (Å²) >= 11 is 0. The topological polar surface area (TPSA) is 96.3 Å². The number of rotatable bonds is 6. The van der Waals surface area contributed by atoms with Crippen LogP contribution in [0.5, 0.6) is 0 Å². The predicted molar refractivity (Wildman–Crippen MR) is 67.6 cm³/mol. The summed E-state index contributed by atoms with van der Waals surface area (Å²) in [4.78, 5) is 11.1. The van der Waals surface area contributed by atoms with Gasteiger partial charge in [0.05, 0.1) is 24.0 Å². The van der Waals surface area contributed by atoms with Gasteiger partial charge < -0.3 is 4.74 Å². The molecule has 102 valence electrons. The van der Waals surface area contributed by atoms with E-state index in [2.05, 4.69) is 9.46 Å². The minimum Gasteiger partial charge on any atom is -0.465 e. The fourth-order valence-corrected chi connectivity index (χ4v) is 2.30. The maximum absolute atomic E-state index is 11.8. The quantitative estimate of drug-likeness (QED) is 0.770. The van der Waals surface area contributed by atoms with E-state index in [1.807, 2.05) is 6.07 Å². The number of nitriles is 1. The average Bonchev–Trinajstić information content (AvgIpc) is 2.38. The molecule has 0 atom stereocenters. The van der Waals surface area contributed by atoms with Gasteiger partial charge in [-0.3, -0.25) is 4.79 Å². The Bertz CT molecular complexity index is 573. The van der Waals surface area contributed by atoms with Crippen molar-refractivity contribution < 1.29 is 17.9 Å². The number of hydrogen-bond donors (Lipinski definition) is 1. The highest BCUT2D eigenvalue weighted by Gasteiger charge is 2.15. The molecule has 1 aromatic rings. The lowest BCUT2D eigenvalue weighted by molar-refractivity contribution is -0.141. The summed E-state index contributed by atoms with van der Waals surface area (Å²) in [6, 6.07) is 7.86. The highest BCUT2D eigenvalue weighted by atomic mass is 32.2. The largest absolute Gasteiger partial charge is 0.465 e. The van der Waals surface area contributed by atoms with Crippen LogP contribution in [0.15, 0.2) is 29.2 Å². The van der Waals surface area contributed by atoms with Gasteiger partial charge in [0.1, 0.15) is 6.54 Å². The molecule has 0 amide bonds. The van der Waals surface area contributed by atoms with E-state index in [-0.39, 0.29) is 17.9 Å². The summed E-state index contributed by atoms with van der Waals surface area (Å²) in [5, 5.41) is 8.51. The van der Waals surface area contributed by atoms with Crippen molar-refractivity contribution >= 4 is 16.0 Å². The Morgan fingerprint density at radius 2 is 2.00 bits per heavy atom. The standard InChI is InChI=1S/C12H14N2O4S/c1-2-18-12(15)9-14-19(16,17)11-5-3-10(4-6-11)7-8-13/h3-6,14H,2,7,9H2,1H3. The van der Waals surface area contributed by atoms with Crippen LogP contribution in [-0.2, 0) is 26.0 Å². The second kappa shape index (κ2) is 6.87. The SMILES string of the molecule is CCOC(=O)CNS(=O)(=O)c1ccc(CC#N)cc1. The van der Waals surface area contributed by atoms with Gasteiger partial charge >= 0.3 is 5.97 Å². The Morgan fingerprint density at radius 3 is 2.53 bits per heavy atom. The third-order valence-electron chi connectivity index (χ3n) is 2.23. The first-order chi connectivity index (χ1) is 8.99. The average molecular weight is 282 g/mol. The minimum absolute atomic E-state index is 0.0403.